The quantitative estimate of drug-likeness (QED) is 0.931. The Kier molecular flexibility index (Phi) is 5.19. The first-order valence-corrected chi connectivity index (χ1v) is 8.76. The summed E-state index contributed by atoms with van der Waals surface area (Å²) in [6.45, 7) is 14.2. The molecule has 2 atom stereocenters. The monoisotopic (exact) mass is 320 g/mol. The van der Waals surface area contributed by atoms with Crippen LogP contribution in [0.5, 0.6) is 0 Å². The summed E-state index contributed by atoms with van der Waals surface area (Å²) in [5, 5.41) is 4.65. The van der Waals surface area contributed by atoms with Crippen molar-refractivity contribution >= 4 is 5.91 Å². The van der Waals surface area contributed by atoms with E-state index in [1.807, 2.05) is 15.6 Å². The molecular formula is C18H32N4O. The van der Waals surface area contributed by atoms with Gasteiger partial charge in [-0.25, -0.2) is 0 Å². The standard InChI is InChI=1S/C18H32N4O/c1-12(2)16-10-15(20-22(16)18(4,5)6)17(23)21-8-7-13(3)9-14(21)11-19/h10,12-14H,7-9,11,19H2,1-6H3. The third-order valence-corrected chi connectivity index (χ3v) is 4.69. The maximum atomic E-state index is 13.0. The maximum absolute atomic E-state index is 13.0. The summed E-state index contributed by atoms with van der Waals surface area (Å²) < 4.78 is 1.99. The second-order valence-corrected chi connectivity index (χ2v) is 8.21. The summed E-state index contributed by atoms with van der Waals surface area (Å²) in [7, 11) is 0. The van der Waals surface area contributed by atoms with Crippen molar-refractivity contribution in [1.29, 1.82) is 0 Å². The first-order valence-electron chi connectivity index (χ1n) is 8.76. The van der Waals surface area contributed by atoms with Gasteiger partial charge < -0.3 is 10.6 Å². The van der Waals surface area contributed by atoms with Crippen LogP contribution < -0.4 is 5.73 Å². The Morgan fingerprint density at radius 2 is 2.09 bits per heavy atom. The number of carbonyl (C=O) groups excluding carboxylic acids is 1. The summed E-state index contributed by atoms with van der Waals surface area (Å²) >= 11 is 0. The highest BCUT2D eigenvalue weighted by Gasteiger charge is 2.32. The predicted molar refractivity (Wildman–Crippen MR) is 93.6 cm³/mol. The molecule has 2 heterocycles. The Balaban J connectivity index is 2.32. The normalized spacial score (nSPS) is 22.7. The fourth-order valence-corrected chi connectivity index (χ4v) is 3.34. The van der Waals surface area contributed by atoms with Crippen molar-refractivity contribution in [2.45, 2.75) is 71.9 Å². The zero-order valence-electron chi connectivity index (χ0n) is 15.5. The molecule has 0 aromatic carbocycles. The van der Waals surface area contributed by atoms with E-state index in [0.717, 1.165) is 25.1 Å². The number of nitrogens with zero attached hydrogens (tertiary/aromatic N) is 3. The number of nitrogens with two attached hydrogens (primary N) is 1. The largest absolute Gasteiger partial charge is 0.333 e. The lowest BCUT2D eigenvalue weighted by Gasteiger charge is -2.37. The fourth-order valence-electron chi connectivity index (χ4n) is 3.34. The summed E-state index contributed by atoms with van der Waals surface area (Å²) in [4.78, 5) is 14.9. The number of aromatic nitrogens is 2. The molecule has 5 nitrogen and oxygen atoms in total. The van der Waals surface area contributed by atoms with Gasteiger partial charge in [-0.3, -0.25) is 9.48 Å². The van der Waals surface area contributed by atoms with E-state index in [0.29, 0.717) is 24.1 Å². The maximum Gasteiger partial charge on any atom is 0.274 e. The summed E-state index contributed by atoms with van der Waals surface area (Å²) in [5.74, 6) is 0.984. The topological polar surface area (TPSA) is 64.2 Å². The molecule has 5 heteroatoms. The Hall–Kier alpha value is -1.36. The molecule has 0 spiro atoms. The smallest absolute Gasteiger partial charge is 0.274 e. The molecule has 0 saturated carbocycles. The van der Waals surface area contributed by atoms with Gasteiger partial charge in [0.2, 0.25) is 0 Å². The molecule has 0 radical (unpaired) electrons. The summed E-state index contributed by atoms with van der Waals surface area (Å²) in [6, 6.07) is 2.10. The van der Waals surface area contributed by atoms with Crippen LogP contribution in [0.25, 0.3) is 0 Å². The molecule has 0 bridgehead atoms. The van der Waals surface area contributed by atoms with Crippen LogP contribution in [0.3, 0.4) is 0 Å². The van der Waals surface area contributed by atoms with Crippen molar-refractivity contribution in [2.24, 2.45) is 11.7 Å². The van der Waals surface area contributed by atoms with Gasteiger partial charge in [0.1, 0.15) is 0 Å². The number of piperidine rings is 1. The van der Waals surface area contributed by atoms with E-state index in [4.69, 9.17) is 5.73 Å². The van der Waals surface area contributed by atoms with Gasteiger partial charge in [-0.05, 0) is 51.5 Å². The van der Waals surface area contributed by atoms with Crippen molar-refractivity contribution in [3.63, 3.8) is 0 Å². The van der Waals surface area contributed by atoms with E-state index < -0.39 is 0 Å². The van der Waals surface area contributed by atoms with Crippen molar-refractivity contribution in [3.05, 3.63) is 17.5 Å². The molecule has 2 unspecified atom stereocenters. The van der Waals surface area contributed by atoms with E-state index in [2.05, 4.69) is 46.6 Å². The lowest BCUT2D eigenvalue weighted by atomic mass is 9.92. The molecule has 1 aliphatic heterocycles. The van der Waals surface area contributed by atoms with Crippen LogP contribution in [0.1, 0.15) is 76.5 Å². The van der Waals surface area contributed by atoms with Gasteiger partial charge in [0.15, 0.2) is 5.69 Å². The summed E-state index contributed by atoms with van der Waals surface area (Å²) in [6.07, 6.45) is 2.03. The van der Waals surface area contributed by atoms with Gasteiger partial charge in [0, 0.05) is 24.8 Å². The van der Waals surface area contributed by atoms with Gasteiger partial charge in [0.05, 0.1) is 5.54 Å². The molecule has 23 heavy (non-hydrogen) atoms. The number of rotatable bonds is 3. The van der Waals surface area contributed by atoms with Crippen LogP contribution >= 0.6 is 0 Å². The van der Waals surface area contributed by atoms with Crippen LogP contribution in [0.2, 0.25) is 0 Å². The van der Waals surface area contributed by atoms with Gasteiger partial charge in [-0.2, -0.15) is 5.10 Å². The van der Waals surface area contributed by atoms with Gasteiger partial charge in [-0.15, -0.1) is 0 Å². The Morgan fingerprint density at radius 1 is 1.43 bits per heavy atom. The Labute approximate surface area is 140 Å². The number of amides is 1. The zero-order valence-corrected chi connectivity index (χ0v) is 15.5. The van der Waals surface area contributed by atoms with Gasteiger partial charge in [0.25, 0.3) is 5.91 Å². The Morgan fingerprint density at radius 3 is 2.57 bits per heavy atom. The van der Waals surface area contributed by atoms with Gasteiger partial charge in [-0.1, -0.05) is 20.8 Å². The highest BCUT2D eigenvalue weighted by Crippen LogP contribution is 2.27. The lowest BCUT2D eigenvalue weighted by molar-refractivity contribution is 0.0566. The highest BCUT2D eigenvalue weighted by molar-refractivity contribution is 5.92. The third-order valence-electron chi connectivity index (χ3n) is 4.69. The van der Waals surface area contributed by atoms with Crippen LogP contribution in [-0.2, 0) is 5.54 Å². The molecule has 1 aromatic heterocycles. The molecule has 130 valence electrons. The molecule has 1 saturated heterocycles. The molecular weight excluding hydrogens is 288 g/mol. The van der Waals surface area contributed by atoms with E-state index in [-0.39, 0.29) is 17.5 Å². The predicted octanol–water partition coefficient (Wildman–Crippen LogP) is 2.96. The number of likely N-dealkylation sites (tertiary alicyclic amines) is 1. The minimum atomic E-state index is -0.137. The SMILES string of the molecule is CC1CCN(C(=O)c2cc(C(C)C)n(C(C)(C)C)n2)C(CN)C1. The minimum absolute atomic E-state index is 0.0252. The molecule has 1 amide bonds. The van der Waals surface area contributed by atoms with Crippen molar-refractivity contribution in [3.8, 4) is 0 Å². The van der Waals surface area contributed by atoms with Crippen LogP contribution in [0, 0.1) is 5.92 Å². The van der Waals surface area contributed by atoms with Crippen LogP contribution in [0.4, 0.5) is 0 Å². The van der Waals surface area contributed by atoms with Crippen molar-refractivity contribution in [1.82, 2.24) is 14.7 Å². The van der Waals surface area contributed by atoms with Crippen molar-refractivity contribution < 1.29 is 4.79 Å². The molecule has 2 rings (SSSR count). The number of hydrogen-bond acceptors (Lipinski definition) is 3. The van der Waals surface area contributed by atoms with E-state index >= 15 is 0 Å². The molecule has 1 aromatic rings. The summed E-state index contributed by atoms with van der Waals surface area (Å²) in [5.41, 5.74) is 7.43. The minimum Gasteiger partial charge on any atom is -0.333 e. The first kappa shape index (κ1) is 18.0. The van der Waals surface area contributed by atoms with Crippen LogP contribution in [0.15, 0.2) is 6.07 Å². The number of hydrogen-bond donors (Lipinski definition) is 1. The second kappa shape index (κ2) is 6.63. The van der Waals surface area contributed by atoms with E-state index in [1.165, 1.54) is 0 Å². The lowest BCUT2D eigenvalue weighted by Crippen LogP contribution is -2.49. The van der Waals surface area contributed by atoms with Crippen LogP contribution in [-0.4, -0.2) is 39.7 Å². The second-order valence-electron chi connectivity index (χ2n) is 8.21. The molecule has 1 aliphatic rings. The van der Waals surface area contributed by atoms with E-state index in [9.17, 15) is 4.79 Å². The average molecular weight is 320 g/mol. The van der Waals surface area contributed by atoms with Crippen molar-refractivity contribution in [2.75, 3.05) is 13.1 Å². The average Bonchev–Trinajstić information content (AvgIpc) is 2.92. The molecule has 1 fully saturated rings. The fraction of sp³-hybridized carbons (Fsp3) is 0.778. The third kappa shape index (κ3) is 3.77. The molecule has 2 N–H and O–H groups in total. The first-order chi connectivity index (χ1) is 10.6. The number of carbonyl (C=O) groups is 1. The molecule has 0 aliphatic carbocycles. The van der Waals surface area contributed by atoms with E-state index in [1.54, 1.807) is 0 Å². The van der Waals surface area contributed by atoms with Gasteiger partial charge >= 0.3 is 0 Å². The Bertz CT molecular complexity index is 556. The zero-order chi connectivity index (χ0) is 17.4. The highest BCUT2D eigenvalue weighted by atomic mass is 16.2.